The van der Waals surface area contributed by atoms with Crippen LogP contribution in [0.15, 0.2) is 24.3 Å². The number of halogens is 2. The van der Waals surface area contributed by atoms with E-state index in [-0.39, 0.29) is 5.69 Å². The van der Waals surface area contributed by atoms with Gasteiger partial charge in [-0.25, -0.2) is 8.42 Å². The summed E-state index contributed by atoms with van der Waals surface area (Å²) in [6, 6.07) is 5.52. The van der Waals surface area contributed by atoms with Gasteiger partial charge in [-0.15, -0.1) is 0 Å². The number of aliphatic hydroxyl groups excluding tert-OH is 1. The topological polar surface area (TPSA) is 66.4 Å². The van der Waals surface area contributed by atoms with Crippen molar-refractivity contribution in [2.24, 2.45) is 0 Å². The Morgan fingerprint density at radius 2 is 1.75 bits per heavy atom. The summed E-state index contributed by atoms with van der Waals surface area (Å²) in [4.78, 5) is 0. The summed E-state index contributed by atoms with van der Waals surface area (Å²) in [5.74, 6) is -3.47. The monoisotopic (exact) mass is 251 g/mol. The van der Waals surface area contributed by atoms with Crippen molar-refractivity contribution in [1.82, 2.24) is 0 Å². The van der Waals surface area contributed by atoms with Crippen LogP contribution in [-0.4, -0.2) is 19.3 Å². The highest BCUT2D eigenvalue weighted by Gasteiger charge is 2.23. The number of benzene rings is 1. The van der Waals surface area contributed by atoms with E-state index in [1.54, 1.807) is 11.6 Å². The van der Waals surface area contributed by atoms with E-state index >= 15 is 0 Å². The Hall–Kier alpha value is -1.21. The number of nitrogens with one attached hydrogen (secondary N) is 1. The summed E-state index contributed by atoms with van der Waals surface area (Å²) >= 11 is 0. The molecule has 4 nitrogen and oxygen atoms in total. The molecule has 0 saturated heterocycles. The van der Waals surface area contributed by atoms with Gasteiger partial charge in [0.05, 0.1) is 6.10 Å². The highest BCUT2D eigenvalue weighted by Crippen LogP contribution is 2.18. The lowest BCUT2D eigenvalue weighted by molar-refractivity contribution is 0.199. The fourth-order valence-corrected chi connectivity index (χ4v) is 1.59. The molecule has 0 aliphatic rings. The third-order valence-electron chi connectivity index (χ3n) is 1.89. The Balaban J connectivity index is 2.85. The van der Waals surface area contributed by atoms with Crippen molar-refractivity contribution in [1.29, 1.82) is 0 Å². The zero-order chi connectivity index (χ0) is 12.3. The molecule has 0 radical (unpaired) electrons. The first-order valence-electron chi connectivity index (χ1n) is 4.41. The summed E-state index contributed by atoms with van der Waals surface area (Å²) in [6.07, 6.45) is -0.694. The van der Waals surface area contributed by atoms with Crippen molar-refractivity contribution >= 4 is 15.7 Å². The SMILES string of the molecule is CC(O)c1ccc(NS(=O)(=O)C(F)F)cc1. The number of sulfonamides is 1. The molecule has 0 aliphatic heterocycles. The molecule has 0 spiro atoms. The van der Waals surface area contributed by atoms with E-state index in [9.17, 15) is 22.3 Å². The molecule has 1 aromatic carbocycles. The molecule has 0 fully saturated rings. The van der Waals surface area contributed by atoms with Crippen molar-refractivity contribution in [3.63, 3.8) is 0 Å². The number of hydrogen-bond acceptors (Lipinski definition) is 3. The molecule has 1 unspecified atom stereocenters. The average Bonchev–Trinajstić information content (AvgIpc) is 2.17. The van der Waals surface area contributed by atoms with Gasteiger partial charge >= 0.3 is 5.76 Å². The van der Waals surface area contributed by atoms with Crippen LogP contribution in [0.1, 0.15) is 18.6 Å². The zero-order valence-electron chi connectivity index (χ0n) is 8.39. The number of hydrogen-bond donors (Lipinski definition) is 2. The molecule has 90 valence electrons. The second-order valence-electron chi connectivity index (χ2n) is 3.21. The lowest BCUT2D eigenvalue weighted by Gasteiger charge is -2.08. The third kappa shape index (κ3) is 3.14. The Bertz CT molecular complexity index is 442. The van der Waals surface area contributed by atoms with Crippen LogP contribution >= 0.6 is 0 Å². The summed E-state index contributed by atoms with van der Waals surface area (Å²) in [7, 11) is -4.63. The van der Waals surface area contributed by atoms with Crippen LogP contribution in [0.3, 0.4) is 0 Å². The summed E-state index contributed by atoms with van der Waals surface area (Å²) in [5, 5.41) is 9.18. The van der Waals surface area contributed by atoms with Crippen LogP contribution in [0.2, 0.25) is 0 Å². The maximum atomic E-state index is 12.0. The van der Waals surface area contributed by atoms with Gasteiger partial charge in [0.1, 0.15) is 0 Å². The molecular formula is C9H11F2NO3S. The van der Waals surface area contributed by atoms with Crippen LogP contribution in [0.25, 0.3) is 0 Å². The van der Waals surface area contributed by atoms with Gasteiger partial charge in [0.2, 0.25) is 0 Å². The quantitative estimate of drug-likeness (QED) is 0.856. The first-order valence-corrected chi connectivity index (χ1v) is 5.95. The van der Waals surface area contributed by atoms with Gasteiger partial charge < -0.3 is 5.11 Å². The maximum Gasteiger partial charge on any atom is 0.355 e. The normalized spacial score (nSPS) is 13.8. The van der Waals surface area contributed by atoms with Crippen molar-refractivity contribution in [3.05, 3.63) is 29.8 Å². The van der Waals surface area contributed by atoms with E-state index in [1.807, 2.05) is 0 Å². The fraction of sp³-hybridized carbons (Fsp3) is 0.333. The minimum atomic E-state index is -4.63. The minimum Gasteiger partial charge on any atom is -0.389 e. The number of anilines is 1. The first kappa shape index (κ1) is 12.9. The van der Waals surface area contributed by atoms with Crippen LogP contribution in [0, 0.1) is 0 Å². The van der Waals surface area contributed by atoms with Gasteiger partial charge in [0.25, 0.3) is 10.0 Å². The summed E-state index contributed by atoms with van der Waals surface area (Å²) in [5.41, 5.74) is 0.602. The predicted molar refractivity (Wildman–Crippen MR) is 55.6 cm³/mol. The zero-order valence-corrected chi connectivity index (χ0v) is 9.21. The van der Waals surface area contributed by atoms with Crippen molar-refractivity contribution in [3.8, 4) is 0 Å². The lowest BCUT2D eigenvalue weighted by Crippen LogP contribution is -2.20. The molecule has 1 rings (SSSR count). The molecule has 16 heavy (non-hydrogen) atoms. The number of rotatable bonds is 4. The second kappa shape index (κ2) is 4.75. The van der Waals surface area contributed by atoms with Gasteiger partial charge in [-0.2, -0.15) is 8.78 Å². The van der Waals surface area contributed by atoms with Crippen molar-refractivity contribution in [2.75, 3.05) is 4.72 Å². The predicted octanol–water partition coefficient (Wildman–Crippen LogP) is 1.70. The third-order valence-corrected chi connectivity index (χ3v) is 2.88. The van der Waals surface area contributed by atoms with Crippen molar-refractivity contribution in [2.45, 2.75) is 18.8 Å². The first-order chi connectivity index (χ1) is 7.33. The molecule has 0 aliphatic carbocycles. The molecule has 0 saturated carbocycles. The van der Waals surface area contributed by atoms with Crippen molar-refractivity contribution < 1.29 is 22.3 Å². The molecule has 0 bridgehead atoms. The molecule has 0 heterocycles. The molecule has 2 N–H and O–H groups in total. The maximum absolute atomic E-state index is 12.0. The number of alkyl halides is 2. The largest absolute Gasteiger partial charge is 0.389 e. The van der Waals surface area contributed by atoms with Crippen LogP contribution in [0.4, 0.5) is 14.5 Å². The molecular weight excluding hydrogens is 240 g/mol. The van der Waals surface area contributed by atoms with Crippen LogP contribution < -0.4 is 4.72 Å². The summed E-state index contributed by atoms with van der Waals surface area (Å²) in [6.45, 7) is 1.54. The standard InChI is InChI=1S/C9H11F2NO3S/c1-6(13)7-2-4-8(5-3-7)12-16(14,15)9(10)11/h2-6,9,12-13H,1H3. The summed E-state index contributed by atoms with van der Waals surface area (Å²) < 4.78 is 47.4. The Labute approximate surface area is 92.0 Å². The van der Waals surface area contributed by atoms with E-state index in [0.717, 1.165) is 0 Å². The van der Waals surface area contributed by atoms with Gasteiger partial charge in [-0.05, 0) is 24.6 Å². The molecule has 0 aromatic heterocycles. The minimum absolute atomic E-state index is 0.0321. The average molecular weight is 251 g/mol. The highest BCUT2D eigenvalue weighted by atomic mass is 32.2. The highest BCUT2D eigenvalue weighted by molar-refractivity contribution is 7.93. The Morgan fingerprint density at radius 1 is 1.25 bits per heavy atom. The molecule has 1 atom stereocenters. The van der Waals surface area contributed by atoms with Gasteiger partial charge in [0.15, 0.2) is 0 Å². The Morgan fingerprint density at radius 3 is 2.12 bits per heavy atom. The smallest absolute Gasteiger partial charge is 0.355 e. The molecule has 0 amide bonds. The van der Waals surface area contributed by atoms with E-state index in [1.165, 1.54) is 24.3 Å². The molecule has 1 aromatic rings. The second-order valence-corrected chi connectivity index (χ2v) is 4.86. The number of aliphatic hydroxyl groups is 1. The van der Waals surface area contributed by atoms with Gasteiger partial charge in [-0.3, -0.25) is 4.72 Å². The Kier molecular flexibility index (Phi) is 3.82. The lowest BCUT2D eigenvalue weighted by atomic mass is 10.1. The molecule has 7 heteroatoms. The van der Waals surface area contributed by atoms with Gasteiger partial charge in [0, 0.05) is 5.69 Å². The van der Waals surface area contributed by atoms with Crippen LogP contribution in [-0.2, 0) is 10.0 Å². The van der Waals surface area contributed by atoms with Crippen LogP contribution in [0.5, 0.6) is 0 Å². The van der Waals surface area contributed by atoms with E-state index in [4.69, 9.17) is 0 Å². The van der Waals surface area contributed by atoms with E-state index in [0.29, 0.717) is 5.56 Å². The fourth-order valence-electron chi connectivity index (χ4n) is 1.04. The van der Waals surface area contributed by atoms with E-state index < -0.39 is 21.9 Å². The van der Waals surface area contributed by atoms with E-state index in [2.05, 4.69) is 0 Å². The van der Waals surface area contributed by atoms with Gasteiger partial charge in [-0.1, -0.05) is 12.1 Å².